The van der Waals surface area contributed by atoms with Crippen LogP contribution in [0.3, 0.4) is 0 Å². The Morgan fingerprint density at radius 3 is 2.95 bits per heavy atom. The minimum atomic E-state index is -0.252. The normalized spacial score (nSPS) is 10.9. The Morgan fingerprint density at radius 2 is 2.20 bits per heavy atom. The van der Waals surface area contributed by atoms with Crippen molar-refractivity contribution in [1.82, 2.24) is 15.5 Å². The van der Waals surface area contributed by atoms with Gasteiger partial charge < -0.3 is 14.8 Å². The summed E-state index contributed by atoms with van der Waals surface area (Å²) in [6.45, 7) is 4.29. The number of aryl methyl sites for hydroxylation is 2. The molecule has 2 heterocycles. The molecule has 20 heavy (non-hydrogen) atoms. The van der Waals surface area contributed by atoms with Crippen LogP contribution in [-0.2, 0) is 6.54 Å². The van der Waals surface area contributed by atoms with Crippen molar-refractivity contribution in [3.05, 3.63) is 53.0 Å². The van der Waals surface area contributed by atoms with Gasteiger partial charge in [0.2, 0.25) is 5.76 Å². The molecule has 0 radical (unpaired) electrons. The molecule has 5 heteroatoms. The number of nitrogens with zero attached hydrogens (tertiary/aromatic N) is 1. The molecule has 0 aliphatic carbocycles. The summed E-state index contributed by atoms with van der Waals surface area (Å²) >= 11 is 0. The number of fused-ring (bicyclic) bond motifs is 1. The van der Waals surface area contributed by atoms with Gasteiger partial charge >= 0.3 is 0 Å². The number of aromatic nitrogens is 2. The van der Waals surface area contributed by atoms with Crippen molar-refractivity contribution in [3.63, 3.8) is 0 Å². The van der Waals surface area contributed by atoms with E-state index in [1.165, 1.54) is 0 Å². The fourth-order valence-corrected chi connectivity index (χ4v) is 2.28. The van der Waals surface area contributed by atoms with Crippen molar-refractivity contribution < 1.29 is 9.32 Å². The number of nitrogens with one attached hydrogen (secondary N) is 2. The van der Waals surface area contributed by atoms with E-state index in [-0.39, 0.29) is 11.7 Å². The van der Waals surface area contributed by atoms with Gasteiger partial charge in [0, 0.05) is 24.3 Å². The Kier molecular flexibility index (Phi) is 3.02. The number of hydrogen-bond donors (Lipinski definition) is 2. The summed E-state index contributed by atoms with van der Waals surface area (Å²) in [6.07, 6.45) is 1.91. The molecule has 0 atom stereocenters. The van der Waals surface area contributed by atoms with E-state index in [1.807, 2.05) is 19.2 Å². The number of amides is 1. The number of H-pyrrole nitrogens is 1. The summed E-state index contributed by atoms with van der Waals surface area (Å²) in [4.78, 5) is 15.1. The number of aromatic amines is 1. The molecule has 5 nitrogen and oxygen atoms in total. The lowest BCUT2D eigenvalue weighted by atomic mass is 10.1. The summed E-state index contributed by atoms with van der Waals surface area (Å²) in [5.41, 5.74) is 4.04. The fraction of sp³-hybridized carbons (Fsp3) is 0.200. The third-order valence-electron chi connectivity index (χ3n) is 3.22. The third kappa shape index (κ3) is 2.30. The van der Waals surface area contributed by atoms with Crippen LogP contribution < -0.4 is 5.32 Å². The number of carbonyl (C=O) groups is 1. The first-order valence-electron chi connectivity index (χ1n) is 6.41. The maximum absolute atomic E-state index is 11.9. The van der Waals surface area contributed by atoms with Gasteiger partial charge in [-0.15, -0.1) is 0 Å². The van der Waals surface area contributed by atoms with E-state index in [2.05, 4.69) is 27.6 Å². The van der Waals surface area contributed by atoms with Crippen LogP contribution in [0.5, 0.6) is 0 Å². The number of hydrogen-bond acceptors (Lipinski definition) is 3. The molecule has 102 valence electrons. The van der Waals surface area contributed by atoms with E-state index < -0.39 is 0 Å². The lowest BCUT2D eigenvalue weighted by Crippen LogP contribution is -2.22. The van der Waals surface area contributed by atoms with Gasteiger partial charge in [-0.3, -0.25) is 4.79 Å². The summed E-state index contributed by atoms with van der Waals surface area (Å²) in [5.74, 6) is -0.0145. The van der Waals surface area contributed by atoms with Crippen molar-refractivity contribution in [2.45, 2.75) is 20.4 Å². The Hall–Kier alpha value is -2.56. The first kappa shape index (κ1) is 12.5. The summed E-state index contributed by atoms with van der Waals surface area (Å²) in [5, 5.41) is 7.67. The van der Waals surface area contributed by atoms with Crippen LogP contribution in [0, 0.1) is 13.8 Å². The second kappa shape index (κ2) is 4.85. The van der Waals surface area contributed by atoms with Gasteiger partial charge in [-0.25, -0.2) is 0 Å². The molecule has 3 aromatic rings. The van der Waals surface area contributed by atoms with E-state index in [4.69, 9.17) is 4.52 Å². The minimum Gasteiger partial charge on any atom is -0.361 e. The summed E-state index contributed by atoms with van der Waals surface area (Å²) in [6, 6.07) is 7.76. The van der Waals surface area contributed by atoms with Crippen LogP contribution in [0.15, 0.2) is 35.0 Å². The molecule has 0 unspecified atom stereocenters. The SMILES string of the molecule is Cc1cc(C(=O)NCc2cc(C)c3[nH]ccc3c2)on1. The Balaban J connectivity index is 1.75. The minimum absolute atomic E-state index is 0.238. The first-order valence-corrected chi connectivity index (χ1v) is 6.41. The summed E-state index contributed by atoms with van der Waals surface area (Å²) < 4.78 is 4.93. The van der Waals surface area contributed by atoms with Gasteiger partial charge in [0.1, 0.15) is 0 Å². The molecule has 2 N–H and O–H groups in total. The van der Waals surface area contributed by atoms with Crippen LogP contribution >= 0.6 is 0 Å². The van der Waals surface area contributed by atoms with E-state index in [0.29, 0.717) is 12.2 Å². The molecular formula is C15H15N3O2. The predicted molar refractivity (Wildman–Crippen MR) is 75.4 cm³/mol. The smallest absolute Gasteiger partial charge is 0.290 e. The van der Waals surface area contributed by atoms with E-state index in [9.17, 15) is 4.79 Å². The van der Waals surface area contributed by atoms with Crippen molar-refractivity contribution >= 4 is 16.8 Å². The first-order chi connectivity index (χ1) is 9.63. The topological polar surface area (TPSA) is 70.9 Å². The quantitative estimate of drug-likeness (QED) is 0.768. The second-order valence-electron chi connectivity index (χ2n) is 4.87. The highest BCUT2D eigenvalue weighted by Crippen LogP contribution is 2.19. The summed E-state index contributed by atoms with van der Waals surface area (Å²) in [7, 11) is 0. The molecule has 0 fully saturated rings. The lowest BCUT2D eigenvalue weighted by Gasteiger charge is -2.05. The Morgan fingerprint density at radius 1 is 1.35 bits per heavy atom. The van der Waals surface area contributed by atoms with Gasteiger partial charge in [-0.05, 0) is 42.5 Å². The Bertz CT molecular complexity index is 770. The van der Waals surface area contributed by atoms with Crippen molar-refractivity contribution in [1.29, 1.82) is 0 Å². The second-order valence-corrected chi connectivity index (χ2v) is 4.87. The average Bonchev–Trinajstić information content (AvgIpc) is 3.04. The van der Waals surface area contributed by atoms with Gasteiger partial charge in [-0.2, -0.15) is 0 Å². The monoisotopic (exact) mass is 269 g/mol. The molecule has 1 amide bonds. The van der Waals surface area contributed by atoms with Crippen molar-refractivity contribution in [3.8, 4) is 0 Å². The standard InChI is InChI=1S/C15H15N3O2/c1-9-5-11(7-12-3-4-16-14(9)12)8-17-15(19)13-6-10(2)18-20-13/h3-7,16H,8H2,1-2H3,(H,17,19). The fourth-order valence-electron chi connectivity index (χ4n) is 2.28. The van der Waals surface area contributed by atoms with Gasteiger partial charge in [-0.1, -0.05) is 11.2 Å². The van der Waals surface area contributed by atoms with Crippen molar-refractivity contribution in [2.75, 3.05) is 0 Å². The van der Waals surface area contributed by atoms with Gasteiger partial charge in [0.15, 0.2) is 0 Å². The van der Waals surface area contributed by atoms with E-state index in [1.54, 1.807) is 13.0 Å². The predicted octanol–water partition coefficient (Wildman–Crippen LogP) is 2.70. The van der Waals surface area contributed by atoms with Crippen molar-refractivity contribution in [2.24, 2.45) is 0 Å². The molecule has 0 saturated carbocycles. The Labute approximate surface area is 116 Å². The zero-order valence-corrected chi connectivity index (χ0v) is 11.4. The van der Waals surface area contributed by atoms with Gasteiger partial charge in [0.05, 0.1) is 5.69 Å². The highest BCUT2D eigenvalue weighted by atomic mass is 16.5. The van der Waals surface area contributed by atoms with E-state index in [0.717, 1.165) is 22.0 Å². The van der Waals surface area contributed by atoms with Crippen LogP contribution in [0.2, 0.25) is 0 Å². The lowest BCUT2D eigenvalue weighted by molar-refractivity contribution is 0.0914. The molecular weight excluding hydrogens is 254 g/mol. The van der Waals surface area contributed by atoms with Gasteiger partial charge in [0.25, 0.3) is 5.91 Å². The molecule has 0 aliphatic rings. The maximum atomic E-state index is 11.9. The molecule has 1 aromatic carbocycles. The maximum Gasteiger partial charge on any atom is 0.290 e. The van der Waals surface area contributed by atoms with Crippen LogP contribution in [0.25, 0.3) is 10.9 Å². The van der Waals surface area contributed by atoms with Crippen LogP contribution in [-0.4, -0.2) is 16.0 Å². The third-order valence-corrected chi connectivity index (χ3v) is 3.22. The molecule has 0 spiro atoms. The largest absolute Gasteiger partial charge is 0.361 e. The molecule has 2 aromatic heterocycles. The highest BCUT2D eigenvalue weighted by Gasteiger charge is 2.11. The zero-order valence-electron chi connectivity index (χ0n) is 11.4. The van der Waals surface area contributed by atoms with Crippen LogP contribution in [0.1, 0.15) is 27.4 Å². The molecule has 0 bridgehead atoms. The molecule has 3 rings (SSSR count). The number of benzene rings is 1. The number of rotatable bonds is 3. The highest BCUT2D eigenvalue weighted by molar-refractivity contribution is 5.91. The average molecular weight is 269 g/mol. The molecule has 0 aliphatic heterocycles. The molecule has 0 saturated heterocycles. The zero-order chi connectivity index (χ0) is 14.1. The van der Waals surface area contributed by atoms with Crippen LogP contribution in [0.4, 0.5) is 0 Å². The van der Waals surface area contributed by atoms with E-state index >= 15 is 0 Å². The number of carbonyl (C=O) groups excluding carboxylic acids is 1.